The van der Waals surface area contributed by atoms with Gasteiger partial charge in [-0.05, 0) is 43.2 Å². The number of ether oxygens (including phenoxy) is 2. The molecule has 7 heteroatoms. The topological polar surface area (TPSA) is 35.5 Å². The molecule has 0 N–H and O–H groups in total. The molecule has 140 valence electrons. The molecule has 0 fully saturated rings. The lowest BCUT2D eigenvalue weighted by Gasteiger charge is -2.16. The first kappa shape index (κ1) is 19.9. The Morgan fingerprint density at radius 1 is 1.12 bits per heavy atom. The van der Waals surface area contributed by atoms with E-state index in [2.05, 4.69) is 4.74 Å². The van der Waals surface area contributed by atoms with E-state index in [9.17, 15) is 22.4 Å². The van der Waals surface area contributed by atoms with Crippen LogP contribution in [-0.2, 0) is 11.2 Å². The summed E-state index contributed by atoms with van der Waals surface area (Å²) in [5, 5.41) is 0. The van der Waals surface area contributed by atoms with Crippen LogP contribution in [0.1, 0.15) is 47.9 Å². The molecule has 0 aliphatic heterocycles. The molecular formula is C19H18F4O3. The second kappa shape index (κ2) is 8.31. The maximum atomic E-state index is 14.0. The molecule has 1 atom stereocenters. The summed E-state index contributed by atoms with van der Waals surface area (Å²) in [5.41, 5.74) is 1.09. The Hall–Kier alpha value is -2.41. The molecule has 0 saturated heterocycles. The Balaban J connectivity index is 2.08. The van der Waals surface area contributed by atoms with E-state index >= 15 is 0 Å². The zero-order chi connectivity index (χ0) is 19.3. The highest BCUT2D eigenvalue weighted by Crippen LogP contribution is 2.30. The fourth-order valence-corrected chi connectivity index (χ4v) is 2.43. The molecule has 2 aromatic rings. The number of esters is 1. The van der Waals surface area contributed by atoms with Gasteiger partial charge < -0.3 is 4.74 Å². The van der Waals surface area contributed by atoms with Gasteiger partial charge in [-0.25, -0.2) is 9.18 Å². The van der Waals surface area contributed by atoms with E-state index in [0.29, 0.717) is 5.56 Å². The van der Waals surface area contributed by atoms with Crippen molar-refractivity contribution in [1.82, 2.24) is 0 Å². The predicted molar refractivity (Wildman–Crippen MR) is 87.4 cm³/mol. The number of hydrogen-bond donors (Lipinski definition) is 0. The van der Waals surface area contributed by atoms with Gasteiger partial charge >= 0.3 is 12.3 Å². The highest BCUT2D eigenvalue weighted by atomic mass is 19.4. The summed E-state index contributed by atoms with van der Waals surface area (Å²) in [7, 11) is 0. The molecule has 0 spiro atoms. The first-order chi connectivity index (χ1) is 12.2. The molecule has 26 heavy (non-hydrogen) atoms. The molecule has 0 amide bonds. The van der Waals surface area contributed by atoms with Crippen LogP contribution in [0.4, 0.5) is 17.6 Å². The second-order valence-corrected chi connectivity index (χ2v) is 5.73. The number of carbonyl (C=O) groups excluding carboxylic acids is 1. The monoisotopic (exact) mass is 370 g/mol. The third kappa shape index (κ3) is 5.56. The summed E-state index contributed by atoms with van der Waals surface area (Å²) in [5.74, 6) is -1.74. The Morgan fingerprint density at radius 3 is 2.31 bits per heavy atom. The average Bonchev–Trinajstić information content (AvgIpc) is 2.54. The van der Waals surface area contributed by atoms with Gasteiger partial charge in [-0.15, -0.1) is 13.2 Å². The number of carbonyl (C=O) groups is 1. The Morgan fingerprint density at radius 2 is 1.77 bits per heavy atom. The Kier molecular flexibility index (Phi) is 6.37. The number of halogens is 4. The minimum atomic E-state index is -4.87. The first-order valence-corrected chi connectivity index (χ1v) is 8.04. The molecule has 1 unspecified atom stereocenters. The second-order valence-electron chi connectivity index (χ2n) is 5.73. The molecule has 0 radical (unpaired) electrons. The largest absolute Gasteiger partial charge is 0.523 e. The van der Waals surface area contributed by atoms with Crippen LogP contribution in [0.25, 0.3) is 0 Å². The predicted octanol–water partition coefficient (Wildman–Crippen LogP) is 5.59. The van der Waals surface area contributed by atoms with Gasteiger partial charge in [-0.2, -0.15) is 0 Å². The molecule has 0 aliphatic rings. The molecule has 0 aromatic heterocycles. The third-order valence-electron chi connectivity index (χ3n) is 3.66. The average molecular weight is 370 g/mol. The van der Waals surface area contributed by atoms with Crippen LogP contribution in [0.15, 0.2) is 42.5 Å². The molecular weight excluding hydrogens is 352 g/mol. The van der Waals surface area contributed by atoms with Crippen molar-refractivity contribution in [3.63, 3.8) is 0 Å². The number of alkyl halides is 3. The number of benzene rings is 2. The van der Waals surface area contributed by atoms with Gasteiger partial charge in [0.1, 0.15) is 11.6 Å². The van der Waals surface area contributed by atoms with Crippen molar-refractivity contribution in [3.05, 3.63) is 65.0 Å². The lowest BCUT2D eigenvalue weighted by molar-refractivity contribution is -0.342. The lowest BCUT2D eigenvalue weighted by atomic mass is 10.1. The van der Waals surface area contributed by atoms with Crippen molar-refractivity contribution < 1.29 is 31.8 Å². The zero-order valence-electron chi connectivity index (χ0n) is 14.3. The quantitative estimate of drug-likeness (QED) is 0.377. The molecule has 2 rings (SSSR count). The van der Waals surface area contributed by atoms with Crippen LogP contribution in [0.5, 0.6) is 5.75 Å². The van der Waals surface area contributed by atoms with Gasteiger partial charge in [0, 0.05) is 11.6 Å². The summed E-state index contributed by atoms with van der Waals surface area (Å²) in [6.07, 6.45) is -4.53. The molecule has 0 aliphatic carbocycles. The lowest BCUT2D eigenvalue weighted by Crippen LogP contribution is -2.17. The summed E-state index contributed by atoms with van der Waals surface area (Å²) in [4.78, 5) is 12.1. The highest BCUT2D eigenvalue weighted by molar-refractivity contribution is 5.91. The molecule has 0 saturated carbocycles. The van der Waals surface area contributed by atoms with Crippen LogP contribution >= 0.6 is 0 Å². The van der Waals surface area contributed by atoms with Gasteiger partial charge in [0.05, 0.1) is 11.7 Å². The fraction of sp³-hybridized carbons (Fsp3) is 0.316. The summed E-state index contributed by atoms with van der Waals surface area (Å²) >= 11 is 0. The number of rotatable bonds is 6. The van der Waals surface area contributed by atoms with Crippen molar-refractivity contribution in [1.29, 1.82) is 0 Å². The van der Waals surface area contributed by atoms with Crippen LogP contribution in [0.3, 0.4) is 0 Å². The first-order valence-electron chi connectivity index (χ1n) is 8.04. The maximum Gasteiger partial charge on any atom is 0.523 e. The van der Waals surface area contributed by atoms with Crippen molar-refractivity contribution in [3.8, 4) is 5.75 Å². The Bertz CT molecular complexity index is 754. The van der Waals surface area contributed by atoms with Crippen LogP contribution in [0.2, 0.25) is 0 Å². The van der Waals surface area contributed by atoms with Crippen molar-refractivity contribution in [2.24, 2.45) is 0 Å². The van der Waals surface area contributed by atoms with E-state index in [1.165, 1.54) is 6.07 Å². The highest BCUT2D eigenvalue weighted by Gasteiger charge is 2.33. The Labute approximate surface area is 148 Å². The number of hydrogen-bond acceptors (Lipinski definition) is 3. The van der Waals surface area contributed by atoms with E-state index < -0.39 is 24.3 Å². The van der Waals surface area contributed by atoms with E-state index in [1.54, 1.807) is 24.3 Å². The van der Waals surface area contributed by atoms with Gasteiger partial charge in [-0.3, -0.25) is 4.74 Å². The molecule has 3 nitrogen and oxygen atoms in total. The normalized spacial score (nSPS) is 12.7. The minimum absolute atomic E-state index is 0.104. The summed E-state index contributed by atoms with van der Waals surface area (Å²) < 4.78 is 59.6. The van der Waals surface area contributed by atoms with Gasteiger partial charge in [0.15, 0.2) is 0 Å². The minimum Gasteiger partial charge on any atom is -0.423 e. The summed E-state index contributed by atoms with van der Waals surface area (Å²) in [6, 6.07) is 10.0. The smallest absolute Gasteiger partial charge is 0.423 e. The van der Waals surface area contributed by atoms with E-state index in [0.717, 1.165) is 37.5 Å². The van der Waals surface area contributed by atoms with E-state index in [1.807, 2.05) is 6.92 Å². The van der Waals surface area contributed by atoms with Crippen molar-refractivity contribution >= 4 is 5.97 Å². The van der Waals surface area contributed by atoms with Crippen LogP contribution in [0, 0.1) is 5.82 Å². The standard InChI is InChI=1S/C19H18F4O3/c1-3-4-13-5-7-14(8-6-13)18(24)25-15-9-10-16(17(20)11-15)12(2)26-19(21,22)23/h5-12H,3-4H2,1-2H3. The molecule has 2 aromatic carbocycles. The van der Waals surface area contributed by atoms with Gasteiger partial charge in [0.25, 0.3) is 0 Å². The van der Waals surface area contributed by atoms with E-state index in [4.69, 9.17) is 4.74 Å². The number of aryl methyl sites for hydroxylation is 1. The van der Waals surface area contributed by atoms with Gasteiger partial charge in [0.2, 0.25) is 0 Å². The maximum absolute atomic E-state index is 14.0. The SMILES string of the molecule is CCCc1ccc(C(=O)Oc2ccc(C(C)OC(F)(F)F)c(F)c2)cc1. The molecule has 0 bridgehead atoms. The van der Waals surface area contributed by atoms with Crippen LogP contribution < -0.4 is 4.74 Å². The van der Waals surface area contributed by atoms with Gasteiger partial charge in [-0.1, -0.05) is 25.5 Å². The van der Waals surface area contributed by atoms with Crippen LogP contribution in [-0.4, -0.2) is 12.3 Å². The zero-order valence-corrected chi connectivity index (χ0v) is 14.3. The van der Waals surface area contributed by atoms with Crippen molar-refractivity contribution in [2.45, 2.75) is 39.2 Å². The summed E-state index contributed by atoms with van der Waals surface area (Å²) in [6.45, 7) is 3.12. The van der Waals surface area contributed by atoms with Crippen molar-refractivity contribution in [2.75, 3.05) is 0 Å². The third-order valence-corrected chi connectivity index (χ3v) is 3.66. The van der Waals surface area contributed by atoms with E-state index in [-0.39, 0.29) is 11.3 Å². The molecule has 0 heterocycles. The fourth-order valence-electron chi connectivity index (χ4n) is 2.43.